The highest BCUT2D eigenvalue weighted by Gasteiger charge is 2.57. The van der Waals surface area contributed by atoms with E-state index in [1.807, 2.05) is 6.92 Å². The van der Waals surface area contributed by atoms with Crippen LogP contribution in [-0.2, 0) is 4.74 Å². The number of hydrogen-bond acceptors (Lipinski definition) is 2. The number of ether oxygens (including phenoxy) is 1. The summed E-state index contributed by atoms with van der Waals surface area (Å²) in [5, 5.41) is 10.1. The topological polar surface area (TPSA) is 29.5 Å². The molecule has 2 nitrogen and oxygen atoms in total. The van der Waals surface area contributed by atoms with Gasteiger partial charge in [0, 0.05) is 20.0 Å². The van der Waals surface area contributed by atoms with Crippen molar-refractivity contribution in [1.82, 2.24) is 0 Å². The van der Waals surface area contributed by atoms with E-state index in [1.165, 1.54) is 0 Å². The Bertz CT molecular complexity index is 173. The summed E-state index contributed by atoms with van der Waals surface area (Å²) in [6.07, 6.45) is 1.50. The van der Waals surface area contributed by atoms with E-state index >= 15 is 0 Å². The molecule has 0 aliphatic heterocycles. The molecule has 0 heterocycles. The zero-order valence-electron chi connectivity index (χ0n) is 8.77. The second-order valence-corrected chi connectivity index (χ2v) is 5.29. The normalized spacial score (nSPS) is 42.5. The van der Waals surface area contributed by atoms with Gasteiger partial charge in [-0.05, 0) is 12.3 Å². The van der Waals surface area contributed by atoms with Crippen molar-refractivity contribution in [3.8, 4) is 0 Å². The molecular weight excluding hydrogens is 152 g/mol. The van der Waals surface area contributed by atoms with E-state index in [9.17, 15) is 5.11 Å². The number of hydrogen-bond donors (Lipinski definition) is 1. The fraction of sp³-hybridized carbons (Fsp3) is 1.00. The molecule has 2 heteroatoms. The van der Waals surface area contributed by atoms with Crippen LogP contribution in [0.3, 0.4) is 0 Å². The van der Waals surface area contributed by atoms with E-state index in [0.29, 0.717) is 0 Å². The zero-order valence-corrected chi connectivity index (χ0v) is 8.77. The second-order valence-electron chi connectivity index (χ2n) is 5.29. The summed E-state index contributed by atoms with van der Waals surface area (Å²) >= 11 is 0. The standard InChI is InChI=1S/C10H20O2/c1-8(2,3)10(11)6-9(4,7-10)12-5/h11H,6-7H2,1-5H3. The van der Waals surface area contributed by atoms with Crippen molar-refractivity contribution >= 4 is 0 Å². The maximum atomic E-state index is 10.1. The van der Waals surface area contributed by atoms with Crippen molar-refractivity contribution in [1.29, 1.82) is 0 Å². The molecule has 0 aromatic carbocycles. The third kappa shape index (κ3) is 1.38. The van der Waals surface area contributed by atoms with Crippen molar-refractivity contribution in [3.05, 3.63) is 0 Å². The van der Waals surface area contributed by atoms with Crippen molar-refractivity contribution in [2.75, 3.05) is 7.11 Å². The molecular formula is C10H20O2. The Morgan fingerprint density at radius 1 is 1.25 bits per heavy atom. The second kappa shape index (κ2) is 2.46. The smallest absolute Gasteiger partial charge is 0.0750 e. The minimum Gasteiger partial charge on any atom is -0.389 e. The number of methoxy groups -OCH3 is 1. The van der Waals surface area contributed by atoms with E-state index in [2.05, 4.69) is 20.8 Å². The SMILES string of the molecule is COC1(C)CC(O)(C(C)(C)C)C1. The maximum Gasteiger partial charge on any atom is 0.0750 e. The van der Waals surface area contributed by atoms with Gasteiger partial charge in [-0.3, -0.25) is 0 Å². The highest BCUT2D eigenvalue weighted by atomic mass is 16.5. The van der Waals surface area contributed by atoms with Crippen LogP contribution in [0.15, 0.2) is 0 Å². The van der Waals surface area contributed by atoms with Gasteiger partial charge in [-0.1, -0.05) is 20.8 Å². The van der Waals surface area contributed by atoms with Crippen LogP contribution >= 0.6 is 0 Å². The van der Waals surface area contributed by atoms with Gasteiger partial charge in [0.1, 0.15) is 0 Å². The summed E-state index contributed by atoms with van der Waals surface area (Å²) in [5.41, 5.74) is -0.662. The molecule has 0 saturated heterocycles. The first-order valence-corrected chi connectivity index (χ1v) is 4.50. The quantitative estimate of drug-likeness (QED) is 0.655. The third-order valence-electron chi connectivity index (χ3n) is 3.22. The summed E-state index contributed by atoms with van der Waals surface area (Å²) in [6, 6.07) is 0. The average molecular weight is 172 g/mol. The molecule has 0 atom stereocenters. The van der Waals surface area contributed by atoms with Gasteiger partial charge in [-0.25, -0.2) is 0 Å². The predicted octanol–water partition coefficient (Wildman–Crippen LogP) is 1.96. The van der Waals surface area contributed by atoms with Gasteiger partial charge in [0.15, 0.2) is 0 Å². The van der Waals surface area contributed by atoms with Gasteiger partial charge in [0.25, 0.3) is 0 Å². The molecule has 0 aromatic heterocycles. The lowest BCUT2D eigenvalue weighted by atomic mass is 9.57. The van der Waals surface area contributed by atoms with Crippen LogP contribution in [0.2, 0.25) is 0 Å². The van der Waals surface area contributed by atoms with Crippen LogP contribution in [0.4, 0.5) is 0 Å². The lowest BCUT2D eigenvalue weighted by molar-refractivity contribution is -0.227. The van der Waals surface area contributed by atoms with Crippen LogP contribution in [0.25, 0.3) is 0 Å². The molecule has 12 heavy (non-hydrogen) atoms. The first-order valence-electron chi connectivity index (χ1n) is 4.50. The molecule has 0 amide bonds. The molecule has 1 aliphatic carbocycles. The molecule has 0 bridgehead atoms. The van der Waals surface area contributed by atoms with E-state index in [4.69, 9.17) is 4.74 Å². The number of aliphatic hydroxyl groups is 1. The fourth-order valence-electron chi connectivity index (χ4n) is 1.86. The van der Waals surface area contributed by atoms with E-state index < -0.39 is 5.60 Å². The highest BCUT2D eigenvalue weighted by Crippen LogP contribution is 2.52. The fourth-order valence-corrected chi connectivity index (χ4v) is 1.86. The Kier molecular flexibility index (Phi) is 2.05. The molecule has 0 unspecified atom stereocenters. The van der Waals surface area contributed by atoms with Crippen molar-refractivity contribution in [2.24, 2.45) is 5.41 Å². The van der Waals surface area contributed by atoms with E-state index in [1.54, 1.807) is 7.11 Å². The van der Waals surface area contributed by atoms with Crippen LogP contribution < -0.4 is 0 Å². The van der Waals surface area contributed by atoms with Gasteiger partial charge >= 0.3 is 0 Å². The molecule has 1 aliphatic rings. The minimum atomic E-state index is -0.530. The van der Waals surface area contributed by atoms with Gasteiger partial charge in [0.2, 0.25) is 0 Å². The van der Waals surface area contributed by atoms with Gasteiger partial charge < -0.3 is 9.84 Å². The Labute approximate surface area is 74.9 Å². The lowest BCUT2D eigenvalue weighted by Crippen LogP contribution is -2.62. The van der Waals surface area contributed by atoms with Crippen molar-refractivity contribution in [2.45, 2.75) is 51.7 Å². The highest BCUT2D eigenvalue weighted by molar-refractivity contribution is 5.09. The Morgan fingerprint density at radius 2 is 1.67 bits per heavy atom. The van der Waals surface area contributed by atoms with Gasteiger partial charge in [0.05, 0.1) is 11.2 Å². The molecule has 72 valence electrons. The zero-order chi connectivity index (χ0) is 9.62. The summed E-state index contributed by atoms with van der Waals surface area (Å²) < 4.78 is 5.30. The lowest BCUT2D eigenvalue weighted by Gasteiger charge is -2.56. The first-order chi connectivity index (χ1) is 5.22. The predicted molar refractivity (Wildman–Crippen MR) is 49.1 cm³/mol. The summed E-state index contributed by atoms with van der Waals surface area (Å²) in [6.45, 7) is 8.26. The Balaban J connectivity index is 2.62. The van der Waals surface area contributed by atoms with Crippen molar-refractivity contribution < 1.29 is 9.84 Å². The summed E-state index contributed by atoms with van der Waals surface area (Å²) in [5.74, 6) is 0. The van der Waals surface area contributed by atoms with Gasteiger partial charge in [-0.15, -0.1) is 0 Å². The largest absolute Gasteiger partial charge is 0.389 e. The molecule has 0 spiro atoms. The first kappa shape index (κ1) is 10.0. The van der Waals surface area contributed by atoms with E-state index in [0.717, 1.165) is 12.8 Å². The summed E-state index contributed by atoms with van der Waals surface area (Å²) in [4.78, 5) is 0. The summed E-state index contributed by atoms with van der Waals surface area (Å²) in [7, 11) is 1.71. The van der Waals surface area contributed by atoms with Crippen LogP contribution in [0.1, 0.15) is 40.5 Å². The molecule has 1 N–H and O–H groups in total. The van der Waals surface area contributed by atoms with Gasteiger partial charge in [-0.2, -0.15) is 0 Å². The monoisotopic (exact) mass is 172 g/mol. The molecule has 1 saturated carbocycles. The Morgan fingerprint density at radius 3 is 1.92 bits per heavy atom. The van der Waals surface area contributed by atoms with Crippen LogP contribution in [0.5, 0.6) is 0 Å². The Hall–Kier alpha value is -0.0800. The maximum absolute atomic E-state index is 10.1. The van der Waals surface area contributed by atoms with Crippen LogP contribution in [0, 0.1) is 5.41 Å². The van der Waals surface area contributed by atoms with E-state index in [-0.39, 0.29) is 11.0 Å². The third-order valence-corrected chi connectivity index (χ3v) is 3.22. The average Bonchev–Trinajstić information content (AvgIpc) is 1.82. The molecule has 1 rings (SSSR count). The molecule has 0 aromatic rings. The van der Waals surface area contributed by atoms with Crippen molar-refractivity contribution in [3.63, 3.8) is 0 Å². The molecule has 0 radical (unpaired) electrons. The van der Waals surface area contributed by atoms with Crippen LogP contribution in [-0.4, -0.2) is 23.4 Å². The number of rotatable bonds is 1. The molecule has 1 fully saturated rings. The minimum absolute atomic E-state index is 0.0367.